The van der Waals surface area contributed by atoms with Gasteiger partial charge in [-0.05, 0) is 43.5 Å². The third-order valence-electron chi connectivity index (χ3n) is 5.27. The molecule has 8 heteroatoms. The number of carbonyl (C=O) groups is 3. The van der Waals surface area contributed by atoms with Crippen LogP contribution in [0.1, 0.15) is 49.4 Å². The van der Waals surface area contributed by atoms with Gasteiger partial charge in [-0.15, -0.1) is 0 Å². The Bertz CT molecular complexity index is 730. The van der Waals surface area contributed by atoms with E-state index in [4.69, 9.17) is 14.2 Å². The van der Waals surface area contributed by atoms with Crippen molar-refractivity contribution >= 4 is 17.8 Å². The Hall–Kier alpha value is -2.61. The van der Waals surface area contributed by atoms with Crippen molar-refractivity contribution in [3.05, 3.63) is 29.8 Å². The molecular weight excluding hydrogens is 388 g/mol. The molecule has 1 aromatic rings. The van der Waals surface area contributed by atoms with Gasteiger partial charge in [0.1, 0.15) is 18.4 Å². The first-order valence-corrected chi connectivity index (χ1v) is 10.7. The van der Waals surface area contributed by atoms with Crippen LogP contribution in [-0.4, -0.2) is 67.7 Å². The van der Waals surface area contributed by atoms with E-state index in [0.717, 1.165) is 25.7 Å². The third-order valence-corrected chi connectivity index (χ3v) is 5.27. The van der Waals surface area contributed by atoms with Crippen LogP contribution in [-0.2, 0) is 19.1 Å². The smallest absolute Gasteiger partial charge is 0.308 e. The highest BCUT2D eigenvalue weighted by molar-refractivity contribution is 5.99. The summed E-state index contributed by atoms with van der Waals surface area (Å²) in [6.45, 7) is 4.27. The zero-order chi connectivity index (χ0) is 21.3. The molecule has 2 fully saturated rings. The Morgan fingerprint density at radius 2 is 2.07 bits per heavy atom. The van der Waals surface area contributed by atoms with E-state index in [1.165, 1.54) is 4.90 Å². The van der Waals surface area contributed by atoms with Gasteiger partial charge in [-0.1, -0.05) is 13.3 Å². The van der Waals surface area contributed by atoms with Crippen LogP contribution >= 0.6 is 0 Å². The fourth-order valence-electron chi connectivity index (χ4n) is 3.53. The van der Waals surface area contributed by atoms with Crippen LogP contribution < -0.4 is 10.1 Å². The predicted molar refractivity (Wildman–Crippen MR) is 109 cm³/mol. The summed E-state index contributed by atoms with van der Waals surface area (Å²) in [5.41, 5.74) is 0.449. The van der Waals surface area contributed by atoms with Gasteiger partial charge in [0, 0.05) is 25.3 Å². The molecule has 0 bridgehead atoms. The fraction of sp³-hybridized carbons (Fsp3) is 0.591. The number of hydrogen-bond donors (Lipinski definition) is 1. The number of rotatable bonds is 9. The quantitative estimate of drug-likeness (QED) is 0.486. The van der Waals surface area contributed by atoms with Crippen molar-refractivity contribution < 1.29 is 28.6 Å². The number of ether oxygens (including phenoxy) is 3. The Morgan fingerprint density at radius 1 is 1.27 bits per heavy atom. The van der Waals surface area contributed by atoms with Crippen molar-refractivity contribution in [1.82, 2.24) is 10.2 Å². The normalized spacial score (nSPS) is 21.2. The maximum absolute atomic E-state index is 13.0. The molecule has 2 atom stereocenters. The van der Waals surface area contributed by atoms with Gasteiger partial charge in [-0.25, -0.2) is 0 Å². The van der Waals surface area contributed by atoms with Crippen molar-refractivity contribution in [3.8, 4) is 5.75 Å². The summed E-state index contributed by atoms with van der Waals surface area (Å²) < 4.78 is 16.3. The molecule has 164 valence electrons. The molecule has 2 aliphatic heterocycles. The average molecular weight is 418 g/mol. The lowest BCUT2D eigenvalue weighted by molar-refractivity contribution is -0.150. The lowest BCUT2D eigenvalue weighted by Crippen LogP contribution is -2.57. The number of hydrogen-bond acceptors (Lipinski definition) is 6. The Balaban J connectivity index is 1.59. The molecule has 2 aliphatic rings. The minimum atomic E-state index is -0.885. The van der Waals surface area contributed by atoms with Crippen molar-refractivity contribution in [1.29, 1.82) is 0 Å². The second-order valence-corrected chi connectivity index (χ2v) is 7.55. The minimum absolute atomic E-state index is 0.0788. The minimum Gasteiger partial charge on any atom is -0.494 e. The van der Waals surface area contributed by atoms with E-state index < -0.39 is 12.0 Å². The zero-order valence-electron chi connectivity index (χ0n) is 17.4. The summed E-state index contributed by atoms with van der Waals surface area (Å²) in [6.07, 6.45) is 3.57. The van der Waals surface area contributed by atoms with E-state index in [-0.39, 0.29) is 30.9 Å². The van der Waals surface area contributed by atoms with Crippen LogP contribution in [0, 0.1) is 0 Å². The van der Waals surface area contributed by atoms with E-state index in [0.29, 0.717) is 37.6 Å². The molecule has 0 spiro atoms. The molecular formula is C22H30N2O6. The van der Waals surface area contributed by atoms with Crippen molar-refractivity contribution in [2.75, 3.05) is 32.9 Å². The lowest BCUT2D eigenvalue weighted by Gasteiger charge is -2.34. The van der Waals surface area contributed by atoms with Gasteiger partial charge in [0.05, 0.1) is 19.1 Å². The molecule has 0 radical (unpaired) electrons. The number of carbonyl (C=O) groups excluding carboxylic acids is 3. The molecule has 8 nitrogen and oxygen atoms in total. The molecule has 2 amide bonds. The van der Waals surface area contributed by atoms with Gasteiger partial charge < -0.3 is 24.4 Å². The molecule has 0 aliphatic carbocycles. The largest absolute Gasteiger partial charge is 0.494 e. The summed E-state index contributed by atoms with van der Waals surface area (Å²) in [5.74, 6) is -0.444. The van der Waals surface area contributed by atoms with Crippen LogP contribution in [0.2, 0.25) is 0 Å². The molecule has 2 saturated heterocycles. The first-order chi connectivity index (χ1) is 14.6. The standard InChI is InChI=1S/C22H30N2O6/c1-2-3-12-28-17-8-6-16(7-9-17)22(27)24-11-10-23-21(26)19(24)14-20(25)30-15-18-5-4-13-29-18/h6-9,18-19H,2-5,10-15H2,1H3,(H,23,26)/t18-,19-/m0/s1. The van der Waals surface area contributed by atoms with Crippen molar-refractivity contribution in [3.63, 3.8) is 0 Å². The molecule has 30 heavy (non-hydrogen) atoms. The maximum atomic E-state index is 13.0. The van der Waals surface area contributed by atoms with Gasteiger partial charge in [0.2, 0.25) is 5.91 Å². The van der Waals surface area contributed by atoms with Gasteiger partial charge in [0.15, 0.2) is 0 Å². The first-order valence-electron chi connectivity index (χ1n) is 10.7. The highest BCUT2D eigenvalue weighted by Crippen LogP contribution is 2.19. The van der Waals surface area contributed by atoms with Crippen LogP contribution in [0.15, 0.2) is 24.3 Å². The number of nitrogens with zero attached hydrogens (tertiary/aromatic N) is 1. The summed E-state index contributed by atoms with van der Waals surface area (Å²) in [5, 5.41) is 2.72. The number of unbranched alkanes of at least 4 members (excludes halogenated alkanes) is 1. The summed E-state index contributed by atoms with van der Waals surface area (Å²) in [6, 6.07) is 5.98. The van der Waals surface area contributed by atoms with Gasteiger partial charge in [-0.2, -0.15) is 0 Å². The zero-order valence-corrected chi connectivity index (χ0v) is 17.4. The molecule has 1 aromatic carbocycles. The van der Waals surface area contributed by atoms with Gasteiger partial charge >= 0.3 is 5.97 Å². The molecule has 2 heterocycles. The van der Waals surface area contributed by atoms with Gasteiger partial charge in [-0.3, -0.25) is 14.4 Å². The van der Waals surface area contributed by atoms with E-state index in [1.807, 2.05) is 0 Å². The lowest BCUT2D eigenvalue weighted by atomic mass is 10.1. The molecule has 0 unspecified atom stereocenters. The topological polar surface area (TPSA) is 94.2 Å². The third kappa shape index (κ3) is 5.95. The maximum Gasteiger partial charge on any atom is 0.308 e. The monoisotopic (exact) mass is 418 g/mol. The Morgan fingerprint density at radius 3 is 2.77 bits per heavy atom. The van der Waals surface area contributed by atoms with E-state index >= 15 is 0 Å². The average Bonchev–Trinajstić information content (AvgIpc) is 3.28. The second kappa shape index (κ2) is 11.0. The van der Waals surface area contributed by atoms with Gasteiger partial charge in [0.25, 0.3) is 5.91 Å². The molecule has 3 rings (SSSR count). The van der Waals surface area contributed by atoms with Crippen LogP contribution in [0.3, 0.4) is 0 Å². The summed E-state index contributed by atoms with van der Waals surface area (Å²) in [4.78, 5) is 39.1. The van der Waals surface area contributed by atoms with Crippen LogP contribution in [0.25, 0.3) is 0 Å². The molecule has 1 N–H and O–H groups in total. The Labute approximate surface area is 176 Å². The van der Waals surface area contributed by atoms with Crippen LogP contribution in [0.5, 0.6) is 5.75 Å². The molecule has 0 aromatic heterocycles. The number of amides is 2. The SMILES string of the molecule is CCCCOc1ccc(C(=O)N2CCNC(=O)[C@@H]2CC(=O)OC[C@@H]2CCCO2)cc1. The highest BCUT2D eigenvalue weighted by Gasteiger charge is 2.35. The first kappa shape index (κ1) is 22.1. The fourth-order valence-corrected chi connectivity index (χ4v) is 3.53. The van der Waals surface area contributed by atoms with E-state index in [2.05, 4.69) is 12.2 Å². The number of nitrogens with one attached hydrogen (secondary N) is 1. The Kier molecular flexibility index (Phi) is 8.07. The van der Waals surface area contributed by atoms with E-state index in [9.17, 15) is 14.4 Å². The van der Waals surface area contributed by atoms with E-state index in [1.54, 1.807) is 24.3 Å². The number of benzene rings is 1. The van der Waals surface area contributed by atoms with Crippen LogP contribution in [0.4, 0.5) is 0 Å². The van der Waals surface area contributed by atoms with Crippen molar-refractivity contribution in [2.24, 2.45) is 0 Å². The number of esters is 1. The molecule has 0 saturated carbocycles. The second-order valence-electron chi connectivity index (χ2n) is 7.55. The highest BCUT2D eigenvalue weighted by atomic mass is 16.6. The predicted octanol–water partition coefficient (Wildman–Crippen LogP) is 1.92. The number of piperazine rings is 1. The summed E-state index contributed by atoms with van der Waals surface area (Å²) >= 11 is 0. The van der Waals surface area contributed by atoms with Crippen molar-refractivity contribution in [2.45, 2.75) is 51.2 Å². The summed E-state index contributed by atoms with van der Waals surface area (Å²) in [7, 11) is 0.